The normalized spacial score (nSPS) is 11.6. The summed E-state index contributed by atoms with van der Waals surface area (Å²) in [7, 11) is 0.160. The summed E-state index contributed by atoms with van der Waals surface area (Å²) in [5.74, 6) is -0.418. The van der Waals surface area contributed by atoms with Crippen LogP contribution < -0.4 is 10.5 Å². The highest BCUT2D eigenvalue weighted by Gasteiger charge is 2.15. The molecule has 0 aromatic heterocycles. The van der Waals surface area contributed by atoms with Crippen LogP contribution in [-0.2, 0) is 16.4 Å². The molecule has 0 heterocycles. The Labute approximate surface area is 156 Å². The summed E-state index contributed by atoms with van der Waals surface area (Å²) < 4.78 is 23.4. The number of nitrogens with two attached hydrogens (primary N) is 1. The van der Waals surface area contributed by atoms with Crippen molar-refractivity contribution in [3.05, 3.63) is 58.1 Å². The second-order valence-electron chi connectivity index (χ2n) is 5.89. The predicted molar refractivity (Wildman–Crippen MR) is 102 cm³/mol. The largest absolute Gasteiger partial charge is 0.322 e. The fourth-order valence-corrected chi connectivity index (χ4v) is 3.13. The number of carbonyl (C=O) groups excluding carboxylic acids is 1. The summed E-state index contributed by atoms with van der Waals surface area (Å²) in [5.41, 5.74) is 2.00. The summed E-state index contributed by atoms with van der Waals surface area (Å²) in [6.07, 6.45) is 0.920. The van der Waals surface area contributed by atoms with Gasteiger partial charge in [-0.15, -0.1) is 0 Å². The van der Waals surface area contributed by atoms with Crippen LogP contribution in [0.15, 0.2) is 51.8 Å². The van der Waals surface area contributed by atoms with Crippen molar-refractivity contribution in [1.29, 1.82) is 0 Å². The van der Waals surface area contributed by atoms with Crippen LogP contribution in [-0.4, -0.2) is 39.9 Å². The van der Waals surface area contributed by atoms with E-state index in [4.69, 9.17) is 5.14 Å². The zero-order chi connectivity index (χ0) is 18.6. The van der Waals surface area contributed by atoms with Crippen LogP contribution >= 0.6 is 15.9 Å². The molecule has 0 radical (unpaired) electrons. The number of amides is 1. The highest BCUT2D eigenvalue weighted by Crippen LogP contribution is 2.22. The van der Waals surface area contributed by atoms with Crippen LogP contribution in [0.1, 0.15) is 15.9 Å². The Morgan fingerprint density at radius 1 is 1.16 bits per heavy atom. The summed E-state index contributed by atoms with van der Waals surface area (Å²) in [4.78, 5) is 14.4. The molecule has 0 bridgehead atoms. The third-order valence-electron chi connectivity index (χ3n) is 3.57. The molecule has 0 atom stereocenters. The fourth-order valence-electron chi connectivity index (χ4n) is 2.16. The molecule has 0 saturated heterocycles. The van der Waals surface area contributed by atoms with E-state index in [-0.39, 0.29) is 10.5 Å². The number of anilines is 1. The second-order valence-corrected chi connectivity index (χ2v) is 8.31. The van der Waals surface area contributed by atoms with Gasteiger partial charge in [-0.25, -0.2) is 13.6 Å². The molecular weight excluding hydrogens is 406 g/mol. The van der Waals surface area contributed by atoms with Gasteiger partial charge in [0.05, 0.1) is 10.5 Å². The molecule has 2 aromatic rings. The Morgan fingerprint density at radius 2 is 1.80 bits per heavy atom. The van der Waals surface area contributed by atoms with Crippen molar-refractivity contribution in [3.8, 4) is 0 Å². The minimum absolute atomic E-state index is 0.111. The lowest BCUT2D eigenvalue weighted by atomic mass is 10.1. The van der Waals surface area contributed by atoms with Crippen LogP contribution in [0, 0.1) is 0 Å². The standard InChI is InChI=1S/C17H20BrN3O3S/c1-21(2)10-9-12-3-5-13(6-4-12)20-17(22)15-11-14(25(19,23)24)7-8-16(15)18/h3-8,11H,9-10H2,1-2H3,(H,20,22)(H2,19,23,24). The minimum atomic E-state index is -3.87. The zero-order valence-electron chi connectivity index (χ0n) is 14.0. The van der Waals surface area contributed by atoms with E-state index < -0.39 is 15.9 Å². The van der Waals surface area contributed by atoms with Gasteiger partial charge in [0.1, 0.15) is 0 Å². The Morgan fingerprint density at radius 3 is 2.36 bits per heavy atom. The molecule has 0 fully saturated rings. The lowest BCUT2D eigenvalue weighted by molar-refractivity contribution is 0.102. The number of sulfonamides is 1. The van der Waals surface area contributed by atoms with Crippen molar-refractivity contribution in [3.63, 3.8) is 0 Å². The van der Waals surface area contributed by atoms with Gasteiger partial charge < -0.3 is 10.2 Å². The molecule has 8 heteroatoms. The number of nitrogens with zero attached hydrogens (tertiary/aromatic N) is 1. The summed E-state index contributed by atoms with van der Waals surface area (Å²) >= 11 is 3.26. The maximum absolute atomic E-state index is 12.4. The van der Waals surface area contributed by atoms with Gasteiger partial charge in [-0.2, -0.15) is 0 Å². The van der Waals surface area contributed by atoms with Gasteiger partial charge in [-0.05, 0) is 72.3 Å². The molecule has 2 aromatic carbocycles. The van der Waals surface area contributed by atoms with Crippen LogP contribution in [0.4, 0.5) is 5.69 Å². The average molecular weight is 426 g/mol. The molecule has 2 rings (SSSR count). The van der Waals surface area contributed by atoms with Crippen molar-refractivity contribution in [1.82, 2.24) is 4.90 Å². The van der Waals surface area contributed by atoms with Crippen LogP contribution in [0.2, 0.25) is 0 Å². The number of likely N-dealkylation sites (N-methyl/N-ethyl adjacent to an activating group) is 1. The Bertz CT molecular complexity index is 865. The second kappa shape index (κ2) is 8.09. The molecule has 134 valence electrons. The number of primary sulfonamides is 1. The van der Waals surface area contributed by atoms with Gasteiger partial charge in [0.25, 0.3) is 5.91 Å². The Hall–Kier alpha value is -1.74. The number of hydrogen-bond donors (Lipinski definition) is 2. The predicted octanol–water partition coefficient (Wildman–Crippen LogP) is 2.45. The van der Waals surface area contributed by atoms with Gasteiger partial charge in [0, 0.05) is 16.7 Å². The van der Waals surface area contributed by atoms with Crippen molar-refractivity contribution in [2.45, 2.75) is 11.3 Å². The molecule has 0 aliphatic carbocycles. The highest BCUT2D eigenvalue weighted by atomic mass is 79.9. The van der Waals surface area contributed by atoms with E-state index in [1.807, 2.05) is 38.4 Å². The molecule has 0 aliphatic heterocycles. The van der Waals surface area contributed by atoms with Crippen LogP contribution in [0.5, 0.6) is 0 Å². The van der Waals surface area contributed by atoms with Crippen molar-refractivity contribution >= 4 is 37.5 Å². The van der Waals surface area contributed by atoms with E-state index >= 15 is 0 Å². The van der Waals surface area contributed by atoms with Crippen LogP contribution in [0.25, 0.3) is 0 Å². The first-order chi connectivity index (χ1) is 11.7. The van der Waals surface area contributed by atoms with Crippen molar-refractivity contribution in [2.75, 3.05) is 26.0 Å². The number of halogens is 1. The molecule has 1 amide bonds. The van der Waals surface area contributed by atoms with Gasteiger partial charge in [-0.3, -0.25) is 4.79 Å². The van der Waals surface area contributed by atoms with E-state index in [9.17, 15) is 13.2 Å². The monoisotopic (exact) mass is 425 g/mol. The topological polar surface area (TPSA) is 92.5 Å². The van der Waals surface area contributed by atoms with E-state index in [1.165, 1.54) is 23.8 Å². The third kappa shape index (κ3) is 5.64. The number of hydrogen-bond acceptors (Lipinski definition) is 4. The van der Waals surface area contributed by atoms with Crippen LogP contribution in [0.3, 0.4) is 0 Å². The Kier molecular flexibility index (Phi) is 6.34. The minimum Gasteiger partial charge on any atom is -0.322 e. The number of nitrogens with one attached hydrogen (secondary N) is 1. The highest BCUT2D eigenvalue weighted by molar-refractivity contribution is 9.10. The van der Waals surface area contributed by atoms with Gasteiger partial charge in [0.15, 0.2) is 0 Å². The third-order valence-corrected chi connectivity index (χ3v) is 5.17. The van der Waals surface area contributed by atoms with Crippen molar-refractivity contribution in [2.24, 2.45) is 5.14 Å². The molecule has 0 unspecified atom stereocenters. The maximum Gasteiger partial charge on any atom is 0.256 e. The van der Waals surface area contributed by atoms with Gasteiger partial charge in [0.2, 0.25) is 10.0 Å². The number of benzene rings is 2. The summed E-state index contributed by atoms with van der Waals surface area (Å²) in [6.45, 7) is 0.943. The van der Waals surface area contributed by atoms with E-state index in [1.54, 1.807) is 0 Å². The Balaban J connectivity index is 2.14. The molecule has 25 heavy (non-hydrogen) atoms. The molecular formula is C17H20BrN3O3S. The lowest BCUT2D eigenvalue weighted by Gasteiger charge is -2.11. The first-order valence-electron chi connectivity index (χ1n) is 7.54. The summed E-state index contributed by atoms with van der Waals surface area (Å²) in [6, 6.07) is 11.6. The molecule has 0 aliphatic rings. The average Bonchev–Trinajstić information content (AvgIpc) is 2.53. The maximum atomic E-state index is 12.4. The number of rotatable bonds is 6. The van der Waals surface area contributed by atoms with Gasteiger partial charge in [-0.1, -0.05) is 12.1 Å². The molecule has 0 spiro atoms. The zero-order valence-corrected chi connectivity index (χ0v) is 16.4. The van der Waals surface area contributed by atoms with Crippen molar-refractivity contribution < 1.29 is 13.2 Å². The fraction of sp³-hybridized carbons (Fsp3) is 0.235. The molecule has 3 N–H and O–H groups in total. The van der Waals surface area contributed by atoms with E-state index in [0.717, 1.165) is 13.0 Å². The lowest BCUT2D eigenvalue weighted by Crippen LogP contribution is -2.16. The first kappa shape index (κ1) is 19.6. The molecule has 6 nitrogen and oxygen atoms in total. The first-order valence-corrected chi connectivity index (χ1v) is 9.88. The van der Waals surface area contributed by atoms with E-state index in [0.29, 0.717) is 10.2 Å². The number of carbonyl (C=O) groups is 1. The molecule has 0 saturated carbocycles. The SMILES string of the molecule is CN(C)CCc1ccc(NC(=O)c2cc(S(N)(=O)=O)ccc2Br)cc1. The van der Waals surface area contributed by atoms with E-state index in [2.05, 4.69) is 26.1 Å². The smallest absolute Gasteiger partial charge is 0.256 e. The summed E-state index contributed by atoms with van der Waals surface area (Å²) in [5, 5.41) is 7.87. The quantitative estimate of drug-likeness (QED) is 0.742. The van der Waals surface area contributed by atoms with Gasteiger partial charge >= 0.3 is 0 Å².